The number of halogens is 3. The number of piperidine rings is 1. The van der Waals surface area contributed by atoms with Gasteiger partial charge in [0.2, 0.25) is 0 Å². The van der Waals surface area contributed by atoms with E-state index in [-0.39, 0.29) is 5.56 Å². The van der Waals surface area contributed by atoms with E-state index in [4.69, 9.17) is 0 Å². The number of aromatic nitrogens is 1. The zero-order valence-electron chi connectivity index (χ0n) is 14.4. The van der Waals surface area contributed by atoms with Crippen LogP contribution in [0.1, 0.15) is 43.0 Å². The Kier molecular flexibility index (Phi) is 5.44. The van der Waals surface area contributed by atoms with E-state index in [0.29, 0.717) is 6.04 Å². The molecular weight excluding hydrogens is 343 g/mol. The fraction of sp³-hybridized carbons (Fsp3) is 0.368. The van der Waals surface area contributed by atoms with Crippen molar-refractivity contribution >= 4 is 17.4 Å². The largest absolute Gasteiger partial charge is 0.354 e. The van der Waals surface area contributed by atoms with Crippen LogP contribution in [-0.4, -0.2) is 23.5 Å². The smallest absolute Gasteiger partial charge is 0.257 e. The van der Waals surface area contributed by atoms with Crippen LogP contribution in [0.3, 0.4) is 0 Å². The van der Waals surface area contributed by atoms with Gasteiger partial charge in [0, 0.05) is 18.8 Å². The maximum absolute atomic E-state index is 13.7. The number of nitrogens with one attached hydrogen (secondary N) is 1. The molecule has 0 spiro atoms. The highest BCUT2D eigenvalue weighted by Gasteiger charge is 2.22. The third-order valence-electron chi connectivity index (χ3n) is 4.69. The molecule has 1 atom stereocenters. The summed E-state index contributed by atoms with van der Waals surface area (Å²) in [4.78, 5) is 18.8. The monoisotopic (exact) mass is 363 g/mol. The van der Waals surface area contributed by atoms with Crippen LogP contribution in [-0.2, 0) is 0 Å². The van der Waals surface area contributed by atoms with E-state index >= 15 is 0 Å². The minimum atomic E-state index is -1.62. The molecule has 2 aromatic rings. The first-order valence-electron chi connectivity index (χ1n) is 8.68. The van der Waals surface area contributed by atoms with Crippen LogP contribution in [0.15, 0.2) is 30.5 Å². The van der Waals surface area contributed by atoms with E-state index in [1.54, 1.807) is 12.1 Å². The van der Waals surface area contributed by atoms with Crippen molar-refractivity contribution in [2.45, 2.75) is 38.6 Å². The van der Waals surface area contributed by atoms with Gasteiger partial charge in [-0.3, -0.25) is 4.79 Å². The molecule has 2 heterocycles. The fourth-order valence-corrected chi connectivity index (χ4v) is 3.23. The number of benzene rings is 1. The first kappa shape index (κ1) is 18.2. The average Bonchev–Trinajstić information content (AvgIpc) is 2.68. The normalized spacial score (nSPS) is 17.2. The Morgan fingerprint density at radius 2 is 2.00 bits per heavy atom. The van der Waals surface area contributed by atoms with Gasteiger partial charge in [0.05, 0.1) is 11.3 Å². The number of pyridine rings is 1. The van der Waals surface area contributed by atoms with Gasteiger partial charge in [-0.1, -0.05) is 6.92 Å². The van der Waals surface area contributed by atoms with Crippen LogP contribution < -0.4 is 10.2 Å². The Labute approximate surface area is 150 Å². The van der Waals surface area contributed by atoms with Gasteiger partial charge in [-0.25, -0.2) is 18.2 Å². The molecule has 1 unspecified atom stereocenters. The number of carbonyl (C=O) groups excluding carboxylic acids is 1. The molecule has 3 rings (SSSR count). The van der Waals surface area contributed by atoms with Crippen molar-refractivity contribution < 1.29 is 18.0 Å². The first-order chi connectivity index (χ1) is 12.5. The quantitative estimate of drug-likeness (QED) is 0.813. The van der Waals surface area contributed by atoms with Gasteiger partial charge in [0.25, 0.3) is 5.91 Å². The predicted octanol–water partition coefficient (Wildman–Crippen LogP) is 4.52. The van der Waals surface area contributed by atoms with Crippen molar-refractivity contribution in [3.63, 3.8) is 0 Å². The first-order valence-corrected chi connectivity index (χ1v) is 8.68. The Morgan fingerprint density at radius 3 is 2.69 bits per heavy atom. The predicted molar refractivity (Wildman–Crippen MR) is 93.8 cm³/mol. The lowest BCUT2D eigenvalue weighted by Crippen LogP contribution is -2.39. The number of hydrogen-bond acceptors (Lipinski definition) is 3. The summed E-state index contributed by atoms with van der Waals surface area (Å²) in [6, 6.07) is 5.53. The van der Waals surface area contributed by atoms with Crippen molar-refractivity contribution in [2.24, 2.45) is 0 Å². The molecule has 1 saturated heterocycles. The Balaban J connectivity index is 1.74. The lowest BCUT2D eigenvalue weighted by molar-refractivity contribution is 0.102. The second-order valence-corrected chi connectivity index (χ2v) is 6.33. The van der Waals surface area contributed by atoms with Gasteiger partial charge in [0.15, 0.2) is 17.5 Å². The molecule has 26 heavy (non-hydrogen) atoms. The summed E-state index contributed by atoms with van der Waals surface area (Å²) in [5.74, 6) is -4.20. The summed E-state index contributed by atoms with van der Waals surface area (Å²) in [5.41, 5.74) is -0.206. The summed E-state index contributed by atoms with van der Waals surface area (Å²) in [6.07, 6.45) is 5.87. The molecule has 4 nitrogen and oxygen atoms in total. The second kappa shape index (κ2) is 7.76. The molecule has 1 aromatic heterocycles. The van der Waals surface area contributed by atoms with Crippen LogP contribution in [0.4, 0.5) is 24.7 Å². The molecular formula is C19H20F3N3O. The highest BCUT2D eigenvalue weighted by Crippen LogP contribution is 2.25. The van der Waals surface area contributed by atoms with Crippen molar-refractivity contribution in [1.29, 1.82) is 0 Å². The molecule has 0 radical (unpaired) electrons. The van der Waals surface area contributed by atoms with Gasteiger partial charge < -0.3 is 10.2 Å². The van der Waals surface area contributed by atoms with Crippen LogP contribution in [0.5, 0.6) is 0 Å². The highest BCUT2D eigenvalue weighted by atomic mass is 19.2. The zero-order valence-corrected chi connectivity index (χ0v) is 14.4. The molecule has 0 aliphatic carbocycles. The lowest BCUT2D eigenvalue weighted by Gasteiger charge is -2.36. The van der Waals surface area contributed by atoms with Crippen molar-refractivity contribution in [2.75, 3.05) is 16.8 Å². The van der Waals surface area contributed by atoms with Crippen LogP contribution in [0.2, 0.25) is 0 Å². The summed E-state index contributed by atoms with van der Waals surface area (Å²) in [5, 5.41) is 2.24. The maximum Gasteiger partial charge on any atom is 0.257 e. The standard InChI is InChI=1S/C19H20F3N3O/c1-2-13-5-3-4-10-25(13)16-9-6-12(11-23-16)19(26)24-15-8-7-14(20)17(21)18(15)22/h6-9,11,13H,2-5,10H2,1H3,(H,24,26). The van der Waals surface area contributed by atoms with Gasteiger partial charge >= 0.3 is 0 Å². The highest BCUT2D eigenvalue weighted by molar-refractivity contribution is 6.04. The summed E-state index contributed by atoms with van der Waals surface area (Å²) < 4.78 is 39.9. The van der Waals surface area contributed by atoms with E-state index in [1.807, 2.05) is 0 Å². The molecule has 1 amide bonds. The number of anilines is 2. The molecule has 1 aliphatic heterocycles. The number of rotatable bonds is 4. The molecule has 0 bridgehead atoms. The summed E-state index contributed by atoms with van der Waals surface area (Å²) >= 11 is 0. The minimum absolute atomic E-state index is 0.211. The van der Waals surface area contributed by atoms with Crippen LogP contribution in [0.25, 0.3) is 0 Å². The third-order valence-corrected chi connectivity index (χ3v) is 4.69. The molecule has 138 valence electrons. The van der Waals surface area contributed by atoms with Crippen LogP contribution >= 0.6 is 0 Å². The minimum Gasteiger partial charge on any atom is -0.354 e. The molecule has 7 heteroatoms. The lowest BCUT2D eigenvalue weighted by atomic mass is 10.00. The number of carbonyl (C=O) groups is 1. The topological polar surface area (TPSA) is 45.2 Å². The fourth-order valence-electron chi connectivity index (χ4n) is 3.23. The van der Waals surface area contributed by atoms with Gasteiger partial charge in [-0.05, 0) is 49.9 Å². The van der Waals surface area contributed by atoms with Crippen molar-refractivity contribution in [3.8, 4) is 0 Å². The van der Waals surface area contributed by atoms with Crippen molar-refractivity contribution in [1.82, 2.24) is 4.98 Å². The van der Waals surface area contributed by atoms with E-state index in [2.05, 4.69) is 22.1 Å². The van der Waals surface area contributed by atoms with E-state index in [9.17, 15) is 18.0 Å². The van der Waals surface area contributed by atoms with Crippen LogP contribution in [0, 0.1) is 17.5 Å². The number of hydrogen-bond donors (Lipinski definition) is 1. The average molecular weight is 363 g/mol. The van der Waals surface area contributed by atoms with Gasteiger partial charge in [-0.15, -0.1) is 0 Å². The molecule has 1 fully saturated rings. The van der Waals surface area contributed by atoms with Gasteiger partial charge in [-0.2, -0.15) is 0 Å². The summed E-state index contributed by atoms with van der Waals surface area (Å²) in [7, 11) is 0. The number of nitrogens with zero attached hydrogens (tertiary/aromatic N) is 2. The Hall–Kier alpha value is -2.57. The van der Waals surface area contributed by atoms with E-state index < -0.39 is 29.0 Å². The third kappa shape index (κ3) is 3.66. The Morgan fingerprint density at radius 1 is 1.19 bits per heavy atom. The van der Waals surface area contributed by atoms with Gasteiger partial charge in [0.1, 0.15) is 5.82 Å². The summed E-state index contributed by atoms with van der Waals surface area (Å²) in [6.45, 7) is 3.07. The maximum atomic E-state index is 13.7. The number of amides is 1. The van der Waals surface area contributed by atoms with Crippen molar-refractivity contribution in [3.05, 3.63) is 53.5 Å². The molecule has 1 aliphatic rings. The zero-order chi connectivity index (χ0) is 18.7. The molecule has 1 aromatic carbocycles. The SMILES string of the molecule is CCC1CCCCN1c1ccc(C(=O)Nc2ccc(F)c(F)c2F)cn1. The van der Waals surface area contributed by atoms with E-state index in [1.165, 1.54) is 12.6 Å². The molecule has 1 N–H and O–H groups in total. The van der Waals surface area contributed by atoms with E-state index in [0.717, 1.165) is 43.8 Å². The second-order valence-electron chi connectivity index (χ2n) is 6.33. The molecule has 0 saturated carbocycles. The Bertz CT molecular complexity index is 795.